The fourth-order valence-corrected chi connectivity index (χ4v) is 3.32. The zero-order chi connectivity index (χ0) is 20.0. The maximum atomic E-state index is 13.2. The molecule has 0 saturated heterocycles. The molecular formula is C19H30N4O4. The van der Waals surface area contributed by atoms with Crippen molar-refractivity contribution in [2.75, 3.05) is 30.9 Å². The van der Waals surface area contributed by atoms with Crippen molar-refractivity contribution in [1.29, 1.82) is 0 Å². The molecule has 1 heterocycles. The van der Waals surface area contributed by atoms with Crippen molar-refractivity contribution in [2.24, 2.45) is 11.8 Å². The fourth-order valence-electron chi connectivity index (χ4n) is 3.32. The molecule has 0 aromatic carbocycles. The number of amides is 1. The average molecular weight is 378 g/mol. The van der Waals surface area contributed by atoms with Crippen LogP contribution in [0.3, 0.4) is 0 Å². The van der Waals surface area contributed by atoms with Crippen LogP contribution in [0, 0.1) is 11.8 Å². The average Bonchev–Trinajstić information content (AvgIpc) is 2.64. The molecule has 1 unspecified atom stereocenters. The first-order valence-corrected chi connectivity index (χ1v) is 9.44. The molecule has 2 rings (SSSR count). The first kappa shape index (κ1) is 21.0. The van der Waals surface area contributed by atoms with E-state index in [1.165, 1.54) is 9.47 Å². The Morgan fingerprint density at radius 1 is 1.41 bits per heavy atom. The van der Waals surface area contributed by atoms with E-state index in [9.17, 15) is 14.4 Å². The smallest absolute Gasteiger partial charge is 0.330 e. The fraction of sp³-hybridized carbons (Fsp3) is 0.632. The number of nitrogens with two attached hydrogens (primary N) is 1. The van der Waals surface area contributed by atoms with E-state index < -0.39 is 11.2 Å². The number of aromatic nitrogens is 2. The van der Waals surface area contributed by atoms with E-state index in [0.717, 1.165) is 12.8 Å². The molecule has 0 bridgehead atoms. The Morgan fingerprint density at radius 3 is 2.74 bits per heavy atom. The molecule has 0 aliphatic heterocycles. The normalized spacial score (nSPS) is 16.7. The molecule has 1 aromatic rings. The molecule has 1 amide bonds. The van der Waals surface area contributed by atoms with Gasteiger partial charge in [-0.2, -0.15) is 0 Å². The Morgan fingerprint density at radius 2 is 2.15 bits per heavy atom. The lowest BCUT2D eigenvalue weighted by Gasteiger charge is -2.29. The van der Waals surface area contributed by atoms with Gasteiger partial charge < -0.3 is 15.4 Å². The van der Waals surface area contributed by atoms with Gasteiger partial charge >= 0.3 is 5.69 Å². The summed E-state index contributed by atoms with van der Waals surface area (Å²) in [5.41, 5.74) is 5.08. The number of H-pyrrole nitrogens is 1. The van der Waals surface area contributed by atoms with Crippen LogP contribution in [0.5, 0.6) is 0 Å². The van der Waals surface area contributed by atoms with Gasteiger partial charge in [0.1, 0.15) is 5.82 Å². The third kappa shape index (κ3) is 5.09. The molecule has 0 saturated carbocycles. The van der Waals surface area contributed by atoms with Crippen molar-refractivity contribution in [3.63, 3.8) is 0 Å². The van der Waals surface area contributed by atoms with Gasteiger partial charge in [0, 0.05) is 32.7 Å². The largest absolute Gasteiger partial charge is 0.385 e. The van der Waals surface area contributed by atoms with E-state index in [2.05, 4.69) is 11.1 Å². The lowest BCUT2D eigenvalue weighted by atomic mass is 9.93. The van der Waals surface area contributed by atoms with Crippen LogP contribution in [0.1, 0.15) is 39.5 Å². The van der Waals surface area contributed by atoms with Crippen molar-refractivity contribution >= 4 is 17.4 Å². The summed E-state index contributed by atoms with van der Waals surface area (Å²) in [5, 5.41) is 0. The number of hydrogen-bond acceptors (Lipinski definition) is 5. The number of allylic oxidation sites excluding steroid dienone is 2. The molecule has 1 aromatic heterocycles. The lowest BCUT2D eigenvalue weighted by molar-refractivity contribution is -0.122. The summed E-state index contributed by atoms with van der Waals surface area (Å²) >= 11 is 0. The first-order valence-electron chi connectivity index (χ1n) is 9.44. The number of aromatic amines is 1. The number of carbonyl (C=O) groups is 1. The minimum atomic E-state index is -0.630. The number of nitrogens with zero attached hydrogens (tertiary/aromatic N) is 2. The third-order valence-electron chi connectivity index (χ3n) is 4.65. The Labute approximate surface area is 159 Å². The van der Waals surface area contributed by atoms with E-state index in [4.69, 9.17) is 10.5 Å². The highest BCUT2D eigenvalue weighted by atomic mass is 16.5. The van der Waals surface area contributed by atoms with Crippen molar-refractivity contribution < 1.29 is 9.53 Å². The molecule has 0 spiro atoms. The maximum Gasteiger partial charge on any atom is 0.330 e. The van der Waals surface area contributed by atoms with Gasteiger partial charge in [-0.15, -0.1) is 0 Å². The number of carbonyl (C=O) groups excluding carboxylic acids is 1. The van der Waals surface area contributed by atoms with Gasteiger partial charge in [0.2, 0.25) is 5.91 Å². The summed E-state index contributed by atoms with van der Waals surface area (Å²) < 4.78 is 6.42. The van der Waals surface area contributed by atoms with Gasteiger partial charge in [0.15, 0.2) is 5.69 Å². The Kier molecular flexibility index (Phi) is 7.41. The van der Waals surface area contributed by atoms with Crippen molar-refractivity contribution in [2.45, 2.75) is 46.1 Å². The molecule has 3 N–H and O–H groups in total. The van der Waals surface area contributed by atoms with Gasteiger partial charge in [-0.3, -0.25) is 19.1 Å². The van der Waals surface area contributed by atoms with E-state index in [0.29, 0.717) is 32.5 Å². The van der Waals surface area contributed by atoms with Crippen molar-refractivity contribution in [3.05, 3.63) is 33.0 Å². The minimum Gasteiger partial charge on any atom is -0.385 e. The second-order valence-electron chi connectivity index (χ2n) is 7.32. The zero-order valence-electron chi connectivity index (χ0n) is 16.4. The summed E-state index contributed by atoms with van der Waals surface area (Å²) in [6.07, 6.45) is 6.83. The molecule has 0 fully saturated rings. The minimum absolute atomic E-state index is 0.0366. The summed E-state index contributed by atoms with van der Waals surface area (Å²) in [6.45, 7) is 5.03. The van der Waals surface area contributed by atoms with Crippen LogP contribution in [-0.4, -0.2) is 35.7 Å². The maximum absolute atomic E-state index is 13.2. The summed E-state index contributed by atoms with van der Waals surface area (Å²) in [4.78, 5) is 41.7. The van der Waals surface area contributed by atoms with Gasteiger partial charge in [-0.1, -0.05) is 26.0 Å². The Balaban J connectivity index is 2.47. The highest BCUT2D eigenvalue weighted by molar-refractivity contribution is 5.97. The number of nitrogen functional groups attached to an aromatic ring is 1. The summed E-state index contributed by atoms with van der Waals surface area (Å²) in [5.74, 6) is -0.135. The number of ether oxygens (including phenoxy) is 1. The van der Waals surface area contributed by atoms with Crippen LogP contribution < -0.4 is 21.9 Å². The topological polar surface area (TPSA) is 110 Å². The van der Waals surface area contributed by atoms with Crippen LogP contribution in [0.4, 0.5) is 11.5 Å². The molecule has 27 heavy (non-hydrogen) atoms. The van der Waals surface area contributed by atoms with Crippen LogP contribution in [0.25, 0.3) is 0 Å². The van der Waals surface area contributed by atoms with E-state index in [1.54, 1.807) is 7.11 Å². The van der Waals surface area contributed by atoms with Crippen molar-refractivity contribution in [3.8, 4) is 0 Å². The quantitative estimate of drug-likeness (QED) is 0.526. The Hall–Kier alpha value is -2.35. The van der Waals surface area contributed by atoms with Gasteiger partial charge in [0.25, 0.3) is 5.56 Å². The molecule has 8 nitrogen and oxygen atoms in total. The first-order chi connectivity index (χ1) is 12.9. The molecule has 150 valence electrons. The van der Waals surface area contributed by atoms with Crippen molar-refractivity contribution in [1.82, 2.24) is 9.55 Å². The van der Waals surface area contributed by atoms with Gasteiger partial charge in [-0.05, 0) is 31.6 Å². The highest BCUT2D eigenvalue weighted by Gasteiger charge is 2.29. The standard InChI is InChI=1S/C19H30N4O4/c1-13(2)12-23-16(20)15(17(24)21-19(23)26)22(10-7-11-27-3)18(25)14-8-5-4-6-9-14/h4-5,13-14H,6-12,20H2,1-3H3,(H,21,24,26). The van der Waals surface area contributed by atoms with E-state index in [1.807, 2.05) is 19.9 Å². The van der Waals surface area contributed by atoms with Gasteiger partial charge in [-0.25, -0.2) is 4.79 Å². The molecular weight excluding hydrogens is 348 g/mol. The summed E-state index contributed by atoms with van der Waals surface area (Å²) in [7, 11) is 1.59. The third-order valence-corrected chi connectivity index (χ3v) is 4.65. The van der Waals surface area contributed by atoms with Crippen LogP contribution in [0.2, 0.25) is 0 Å². The Bertz CT molecular complexity index is 794. The predicted octanol–water partition coefficient (Wildman–Crippen LogP) is 1.50. The molecule has 1 aliphatic rings. The monoisotopic (exact) mass is 378 g/mol. The number of methoxy groups -OCH3 is 1. The summed E-state index contributed by atoms with van der Waals surface area (Å²) in [6, 6.07) is 0. The van der Waals surface area contributed by atoms with E-state index in [-0.39, 0.29) is 29.2 Å². The van der Waals surface area contributed by atoms with Crippen LogP contribution in [0.15, 0.2) is 21.7 Å². The van der Waals surface area contributed by atoms with Crippen LogP contribution in [-0.2, 0) is 16.1 Å². The molecule has 1 aliphatic carbocycles. The number of rotatable bonds is 8. The number of nitrogens with one attached hydrogen (secondary N) is 1. The second-order valence-corrected chi connectivity index (χ2v) is 7.32. The molecule has 8 heteroatoms. The molecule has 0 radical (unpaired) electrons. The number of anilines is 2. The van der Waals surface area contributed by atoms with Gasteiger partial charge in [0.05, 0.1) is 0 Å². The molecule has 1 atom stereocenters. The number of hydrogen-bond donors (Lipinski definition) is 2. The van der Waals surface area contributed by atoms with E-state index >= 15 is 0 Å². The van der Waals surface area contributed by atoms with Crippen LogP contribution >= 0.6 is 0 Å². The highest BCUT2D eigenvalue weighted by Crippen LogP contribution is 2.25. The zero-order valence-corrected chi connectivity index (χ0v) is 16.4. The second kappa shape index (κ2) is 9.55. The lowest BCUT2D eigenvalue weighted by Crippen LogP contribution is -2.44. The predicted molar refractivity (Wildman–Crippen MR) is 106 cm³/mol. The SMILES string of the molecule is COCCCN(C(=O)C1CC=CCC1)c1c(N)n(CC(C)C)c(=O)[nH]c1=O.